The largest absolute Gasteiger partial charge is 0.444 e. The zero-order valence-electron chi connectivity index (χ0n) is 15.5. The Morgan fingerprint density at radius 1 is 1.30 bits per heavy atom. The van der Waals surface area contributed by atoms with Crippen LogP contribution in [0, 0.1) is 5.82 Å². The van der Waals surface area contributed by atoms with Crippen molar-refractivity contribution < 1.29 is 32.5 Å². The number of carbonyl (C=O) groups is 1. The van der Waals surface area contributed by atoms with Gasteiger partial charge in [-0.15, -0.1) is 0 Å². The predicted molar refractivity (Wildman–Crippen MR) is 91.0 cm³/mol. The summed E-state index contributed by atoms with van der Waals surface area (Å²) in [6.45, 7) is 5.74. The number of morpholine rings is 1. The summed E-state index contributed by atoms with van der Waals surface area (Å²) in [5, 5.41) is 11.1. The van der Waals surface area contributed by atoms with Crippen molar-refractivity contribution >= 4 is 6.09 Å². The number of hydrogen-bond donors (Lipinski definition) is 1. The Hall–Kier alpha value is -1.80. The average molecular weight is 387 g/mol. The molecule has 2 aliphatic rings. The van der Waals surface area contributed by atoms with Crippen LogP contribution in [-0.4, -0.2) is 47.0 Å². The molecule has 2 unspecified atom stereocenters. The number of carbonyl (C=O) groups excluding carboxylic acids is 1. The Morgan fingerprint density at radius 3 is 2.37 bits per heavy atom. The number of halogens is 3. The summed E-state index contributed by atoms with van der Waals surface area (Å²) in [7, 11) is 0. The van der Waals surface area contributed by atoms with Gasteiger partial charge in [0.05, 0.1) is 36.5 Å². The smallest absolute Gasteiger partial charge is 0.410 e. The minimum absolute atomic E-state index is 0.107. The normalized spacial score (nSPS) is 28.4. The summed E-state index contributed by atoms with van der Waals surface area (Å²) in [6.07, 6.45) is -3.19. The fraction of sp³-hybridized carbons (Fsp3) is 0.632. The van der Waals surface area contributed by atoms with Crippen LogP contribution in [-0.2, 0) is 15.1 Å². The van der Waals surface area contributed by atoms with Gasteiger partial charge >= 0.3 is 6.09 Å². The van der Waals surface area contributed by atoms with Crippen molar-refractivity contribution in [2.24, 2.45) is 0 Å². The van der Waals surface area contributed by atoms with Gasteiger partial charge in [0, 0.05) is 12.8 Å². The van der Waals surface area contributed by atoms with Crippen LogP contribution in [0.5, 0.6) is 0 Å². The molecular formula is C19H24F3NO4. The van der Waals surface area contributed by atoms with E-state index in [0.717, 1.165) is 12.1 Å². The second-order valence-corrected chi connectivity index (χ2v) is 8.21. The van der Waals surface area contributed by atoms with Crippen LogP contribution >= 0.6 is 0 Å². The highest BCUT2D eigenvalue weighted by molar-refractivity contribution is 5.69. The van der Waals surface area contributed by atoms with Crippen molar-refractivity contribution in [3.05, 3.63) is 35.1 Å². The molecule has 2 heterocycles. The summed E-state index contributed by atoms with van der Waals surface area (Å²) in [5.74, 6) is -1.05. The highest BCUT2D eigenvalue weighted by atomic mass is 19.3. The maximum Gasteiger partial charge on any atom is 0.410 e. The third-order valence-corrected chi connectivity index (χ3v) is 4.93. The lowest BCUT2D eigenvalue weighted by atomic mass is 9.77. The maximum absolute atomic E-state index is 14.0. The number of nitrogens with zero attached hydrogens (tertiary/aromatic N) is 1. The van der Waals surface area contributed by atoms with Crippen LogP contribution in [0.3, 0.4) is 0 Å². The fourth-order valence-corrected chi connectivity index (χ4v) is 3.82. The molecule has 1 N–H and O–H groups in total. The molecule has 1 aromatic carbocycles. The zero-order valence-corrected chi connectivity index (χ0v) is 15.5. The van der Waals surface area contributed by atoms with Gasteiger partial charge in [0.25, 0.3) is 6.43 Å². The number of alkyl halides is 2. The van der Waals surface area contributed by atoms with Gasteiger partial charge in [-0.25, -0.2) is 18.0 Å². The molecule has 8 heteroatoms. The molecule has 0 aromatic heterocycles. The average Bonchev–Trinajstić information content (AvgIpc) is 2.51. The summed E-state index contributed by atoms with van der Waals surface area (Å²) in [4.78, 5) is 14.1. The van der Waals surface area contributed by atoms with Crippen molar-refractivity contribution in [2.75, 3.05) is 13.2 Å². The van der Waals surface area contributed by atoms with E-state index in [4.69, 9.17) is 9.47 Å². The zero-order chi connectivity index (χ0) is 20.0. The quantitative estimate of drug-likeness (QED) is 0.840. The molecule has 3 rings (SSSR count). The predicted octanol–water partition coefficient (Wildman–Crippen LogP) is 3.75. The number of hydrogen-bond acceptors (Lipinski definition) is 4. The van der Waals surface area contributed by atoms with E-state index in [9.17, 15) is 23.1 Å². The number of ether oxygens (including phenoxy) is 2. The molecule has 2 bridgehead atoms. The van der Waals surface area contributed by atoms with Gasteiger partial charge in [0.2, 0.25) is 0 Å². The summed E-state index contributed by atoms with van der Waals surface area (Å²) >= 11 is 0. The van der Waals surface area contributed by atoms with Crippen molar-refractivity contribution in [1.82, 2.24) is 4.90 Å². The summed E-state index contributed by atoms with van der Waals surface area (Å²) in [6, 6.07) is 2.39. The van der Waals surface area contributed by atoms with Crippen LogP contribution in [0.4, 0.5) is 18.0 Å². The molecule has 0 saturated carbocycles. The molecule has 150 valence electrons. The lowest BCUT2D eigenvalue weighted by molar-refractivity contribution is -0.141. The Bertz CT molecular complexity index is 705. The molecular weight excluding hydrogens is 363 g/mol. The van der Waals surface area contributed by atoms with Gasteiger partial charge < -0.3 is 14.6 Å². The van der Waals surface area contributed by atoms with E-state index in [0.29, 0.717) is 0 Å². The van der Waals surface area contributed by atoms with E-state index >= 15 is 0 Å². The molecule has 2 aliphatic heterocycles. The lowest BCUT2D eigenvalue weighted by Crippen LogP contribution is -2.63. The van der Waals surface area contributed by atoms with E-state index in [-0.39, 0.29) is 31.6 Å². The van der Waals surface area contributed by atoms with Crippen LogP contribution in [0.1, 0.15) is 51.2 Å². The van der Waals surface area contributed by atoms with E-state index in [1.807, 2.05) is 0 Å². The molecule has 1 aromatic rings. The van der Waals surface area contributed by atoms with Gasteiger partial charge in [-0.05, 0) is 32.4 Å². The van der Waals surface area contributed by atoms with Crippen LogP contribution in [0.15, 0.2) is 18.2 Å². The first-order valence-corrected chi connectivity index (χ1v) is 8.90. The molecule has 0 spiro atoms. The third kappa shape index (κ3) is 4.06. The SMILES string of the molecule is CC(C)(C)OC(=O)N1C2COCC1CC(O)(c1ccc(C(F)F)c(F)c1)C2. The molecule has 1 amide bonds. The van der Waals surface area contributed by atoms with Gasteiger partial charge in [-0.1, -0.05) is 12.1 Å². The topological polar surface area (TPSA) is 59.0 Å². The molecule has 2 fully saturated rings. The highest BCUT2D eigenvalue weighted by Crippen LogP contribution is 2.42. The minimum atomic E-state index is -2.92. The number of benzene rings is 1. The van der Waals surface area contributed by atoms with Crippen LogP contribution < -0.4 is 0 Å². The number of fused-ring (bicyclic) bond motifs is 2. The second-order valence-electron chi connectivity index (χ2n) is 8.21. The van der Waals surface area contributed by atoms with E-state index in [1.54, 1.807) is 25.7 Å². The molecule has 0 aliphatic carbocycles. The number of aliphatic hydroxyl groups is 1. The molecule has 2 atom stereocenters. The fourth-order valence-electron chi connectivity index (χ4n) is 3.82. The molecule has 2 saturated heterocycles. The van der Waals surface area contributed by atoms with Crippen molar-refractivity contribution in [2.45, 2.75) is 63.3 Å². The molecule has 5 nitrogen and oxygen atoms in total. The Labute approximate surface area is 156 Å². The van der Waals surface area contributed by atoms with E-state index in [1.165, 1.54) is 6.07 Å². The van der Waals surface area contributed by atoms with Gasteiger partial charge in [-0.3, -0.25) is 4.90 Å². The molecule has 27 heavy (non-hydrogen) atoms. The second kappa shape index (κ2) is 6.98. The van der Waals surface area contributed by atoms with Crippen LogP contribution in [0.2, 0.25) is 0 Å². The lowest BCUT2D eigenvalue weighted by Gasteiger charge is -2.51. The monoisotopic (exact) mass is 387 g/mol. The first kappa shape index (κ1) is 19.9. The number of rotatable bonds is 2. The first-order chi connectivity index (χ1) is 12.5. The van der Waals surface area contributed by atoms with E-state index < -0.39 is 47.2 Å². The first-order valence-electron chi connectivity index (χ1n) is 8.90. The Kier molecular flexibility index (Phi) is 5.16. The molecule has 0 radical (unpaired) electrons. The standard InChI is InChI=1S/C19H24F3NO4/c1-18(2,3)27-17(24)23-12-7-19(25,8-13(23)10-26-9-12)11-4-5-14(16(21)22)15(20)6-11/h4-6,12-13,16,25H,7-10H2,1-3H3. The van der Waals surface area contributed by atoms with Crippen LogP contribution in [0.25, 0.3) is 0 Å². The van der Waals surface area contributed by atoms with Gasteiger partial charge in [-0.2, -0.15) is 0 Å². The number of piperidine rings is 1. The van der Waals surface area contributed by atoms with Gasteiger partial charge in [0.1, 0.15) is 11.4 Å². The maximum atomic E-state index is 14.0. The summed E-state index contributed by atoms with van der Waals surface area (Å²) < 4.78 is 50.5. The Morgan fingerprint density at radius 2 is 1.89 bits per heavy atom. The van der Waals surface area contributed by atoms with Gasteiger partial charge in [0.15, 0.2) is 0 Å². The third-order valence-electron chi connectivity index (χ3n) is 4.93. The summed E-state index contributed by atoms with van der Waals surface area (Å²) in [5.41, 5.74) is -2.56. The number of amides is 1. The van der Waals surface area contributed by atoms with Crippen molar-refractivity contribution in [3.8, 4) is 0 Å². The highest BCUT2D eigenvalue weighted by Gasteiger charge is 2.50. The van der Waals surface area contributed by atoms with E-state index in [2.05, 4.69) is 0 Å². The van der Waals surface area contributed by atoms with Crippen molar-refractivity contribution in [3.63, 3.8) is 0 Å². The van der Waals surface area contributed by atoms with Crippen molar-refractivity contribution in [1.29, 1.82) is 0 Å². The Balaban J connectivity index is 1.85. The minimum Gasteiger partial charge on any atom is -0.444 e.